The zero-order chi connectivity index (χ0) is 18.4. The van der Waals surface area contributed by atoms with Gasteiger partial charge in [0, 0.05) is 18.4 Å². The first-order chi connectivity index (χ1) is 11.7. The number of aliphatic hydroxyl groups is 1. The zero-order valence-electron chi connectivity index (χ0n) is 16.3. The Balaban J connectivity index is 1.95. The fourth-order valence-corrected chi connectivity index (χ4v) is 4.41. The van der Waals surface area contributed by atoms with E-state index in [0.717, 1.165) is 30.6 Å². The molecule has 0 aromatic heterocycles. The maximum atomic E-state index is 10.7. The van der Waals surface area contributed by atoms with Gasteiger partial charge in [-0.1, -0.05) is 6.07 Å². The van der Waals surface area contributed by atoms with Gasteiger partial charge in [0.2, 0.25) is 0 Å². The van der Waals surface area contributed by atoms with E-state index in [-0.39, 0.29) is 11.6 Å². The highest BCUT2D eigenvalue weighted by atomic mass is 16.6. The summed E-state index contributed by atoms with van der Waals surface area (Å²) in [6, 6.07) is 2.31. The largest absolute Gasteiger partial charge is 0.512 e. The second-order valence-corrected chi connectivity index (χ2v) is 8.21. The Bertz CT molecular complexity index is 706. The van der Waals surface area contributed by atoms with Gasteiger partial charge in [0.1, 0.15) is 11.4 Å². The number of nitrogens with one attached hydrogen (secondary N) is 1. The van der Waals surface area contributed by atoms with Crippen molar-refractivity contribution in [3.05, 3.63) is 39.7 Å². The van der Waals surface area contributed by atoms with Crippen LogP contribution in [0.3, 0.4) is 0 Å². The van der Waals surface area contributed by atoms with Crippen LogP contribution >= 0.6 is 0 Å². The molecule has 1 aromatic rings. The number of hydrogen-bond donors (Lipinski definition) is 2. The Hall–Kier alpha value is -1.52. The molecular weight excluding hydrogens is 314 g/mol. The number of allylic oxidation sites excluding steroid dienone is 1. The Kier molecular flexibility index (Phi) is 4.86. The first-order valence-electron chi connectivity index (χ1n) is 9.25. The van der Waals surface area contributed by atoms with Crippen LogP contribution in [-0.4, -0.2) is 23.9 Å². The number of hydrogen-bond acceptors (Lipinski definition) is 4. The van der Waals surface area contributed by atoms with Gasteiger partial charge in [-0.15, -0.1) is 0 Å². The van der Waals surface area contributed by atoms with Crippen LogP contribution in [0.1, 0.15) is 68.2 Å². The van der Waals surface area contributed by atoms with Gasteiger partial charge in [-0.05, 0) is 75.6 Å². The number of rotatable bonds is 4. The zero-order valence-corrected chi connectivity index (χ0v) is 16.3. The molecule has 4 nitrogen and oxygen atoms in total. The molecule has 138 valence electrons. The second-order valence-electron chi connectivity index (χ2n) is 8.21. The van der Waals surface area contributed by atoms with Gasteiger partial charge in [-0.2, -0.15) is 5.48 Å². The lowest BCUT2D eigenvalue weighted by Crippen LogP contribution is -2.30. The maximum Gasteiger partial charge on any atom is 0.127 e. The first kappa shape index (κ1) is 18.3. The van der Waals surface area contributed by atoms with Gasteiger partial charge in [0.25, 0.3) is 0 Å². The number of hydroxylamine groups is 1. The minimum absolute atomic E-state index is 0.0328. The molecule has 0 fully saturated rings. The van der Waals surface area contributed by atoms with Crippen molar-refractivity contribution in [1.82, 2.24) is 5.48 Å². The molecule has 2 aliphatic rings. The van der Waals surface area contributed by atoms with Crippen LogP contribution in [0, 0.1) is 13.8 Å². The molecule has 2 unspecified atom stereocenters. The third kappa shape index (κ3) is 3.42. The molecular formula is C21H31NO3. The highest BCUT2D eigenvalue weighted by Gasteiger charge is 2.36. The van der Waals surface area contributed by atoms with Crippen molar-refractivity contribution in [3.8, 4) is 5.75 Å². The number of fused-ring (bicyclic) bond motifs is 1. The minimum Gasteiger partial charge on any atom is -0.512 e. The average molecular weight is 345 g/mol. The van der Waals surface area contributed by atoms with Crippen molar-refractivity contribution in [3.63, 3.8) is 0 Å². The van der Waals surface area contributed by atoms with Crippen LogP contribution in [0.4, 0.5) is 0 Å². The molecule has 0 spiro atoms. The first-order valence-corrected chi connectivity index (χ1v) is 9.25. The predicted molar refractivity (Wildman–Crippen MR) is 100 cm³/mol. The van der Waals surface area contributed by atoms with Gasteiger partial charge < -0.3 is 14.7 Å². The summed E-state index contributed by atoms with van der Waals surface area (Å²) in [4.78, 5) is 5.02. The quantitative estimate of drug-likeness (QED) is 0.781. The summed E-state index contributed by atoms with van der Waals surface area (Å²) in [5.74, 6) is 1.87. The molecule has 3 rings (SSSR count). The van der Waals surface area contributed by atoms with E-state index in [4.69, 9.17) is 9.57 Å². The molecule has 0 bridgehead atoms. The lowest BCUT2D eigenvalue weighted by atomic mass is 9.78. The molecule has 2 N–H and O–H groups in total. The average Bonchev–Trinajstić information content (AvgIpc) is 2.82. The van der Waals surface area contributed by atoms with Gasteiger partial charge in [0.15, 0.2) is 0 Å². The number of benzene rings is 1. The fourth-order valence-electron chi connectivity index (χ4n) is 4.41. The van der Waals surface area contributed by atoms with Crippen LogP contribution < -0.4 is 10.2 Å². The van der Waals surface area contributed by atoms with Gasteiger partial charge in [-0.25, -0.2) is 0 Å². The molecule has 0 amide bonds. The SMILES string of the molecule is CONC(C)C1=C(O)CC(c2c(C)c(C)cc3c2OC(C)(C)C3)CC1. The molecule has 1 heterocycles. The topological polar surface area (TPSA) is 50.7 Å². The molecule has 1 aromatic carbocycles. The normalized spacial score (nSPS) is 23.4. The van der Waals surface area contributed by atoms with Crippen LogP contribution in [0.25, 0.3) is 0 Å². The summed E-state index contributed by atoms with van der Waals surface area (Å²) in [5.41, 5.74) is 9.08. The maximum absolute atomic E-state index is 10.7. The Labute approximate surface area is 151 Å². The number of aryl methyl sites for hydroxylation is 1. The van der Waals surface area contributed by atoms with Crippen molar-refractivity contribution < 1.29 is 14.7 Å². The van der Waals surface area contributed by atoms with Crippen LogP contribution in [0.5, 0.6) is 5.75 Å². The van der Waals surface area contributed by atoms with E-state index in [1.54, 1.807) is 7.11 Å². The minimum atomic E-state index is -0.147. The highest BCUT2D eigenvalue weighted by molar-refractivity contribution is 5.55. The van der Waals surface area contributed by atoms with Crippen LogP contribution in [0.2, 0.25) is 0 Å². The van der Waals surface area contributed by atoms with Gasteiger partial charge in [-0.3, -0.25) is 0 Å². The highest BCUT2D eigenvalue weighted by Crippen LogP contribution is 2.47. The smallest absolute Gasteiger partial charge is 0.127 e. The van der Waals surface area contributed by atoms with E-state index in [2.05, 4.69) is 39.2 Å². The van der Waals surface area contributed by atoms with E-state index in [1.165, 1.54) is 22.3 Å². The van der Waals surface area contributed by atoms with E-state index in [9.17, 15) is 5.11 Å². The summed E-state index contributed by atoms with van der Waals surface area (Å²) in [7, 11) is 1.61. The molecule has 0 saturated heterocycles. The predicted octanol–water partition coefficient (Wildman–Crippen LogP) is 4.64. The van der Waals surface area contributed by atoms with E-state index in [1.807, 2.05) is 6.92 Å². The summed E-state index contributed by atoms with van der Waals surface area (Å²) in [6.07, 6.45) is 3.52. The summed E-state index contributed by atoms with van der Waals surface area (Å²) >= 11 is 0. The molecule has 2 atom stereocenters. The van der Waals surface area contributed by atoms with Crippen molar-refractivity contribution >= 4 is 0 Å². The van der Waals surface area contributed by atoms with E-state index in [0.29, 0.717) is 18.1 Å². The summed E-state index contributed by atoms with van der Waals surface area (Å²) < 4.78 is 6.33. The molecule has 25 heavy (non-hydrogen) atoms. The number of aliphatic hydroxyl groups excluding tert-OH is 1. The third-order valence-electron chi connectivity index (χ3n) is 5.72. The van der Waals surface area contributed by atoms with Gasteiger partial charge in [0.05, 0.1) is 18.9 Å². The van der Waals surface area contributed by atoms with E-state index >= 15 is 0 Å². The van der Waals surface area contributed by atoms with Crippen molar-refractivity contribution in [1.29, 1.82) is 0 Å². The molecule has 1 aliphatic carbocycles. The monoisotopic (exact) mass is 345 g/mol. The van der Waals surface area contributed by atoms with Crippen molar-refractivity contribution in [2.75, 3.05) is 7.11 Å². The second kappa shape index (κ2) is 6.65. The van der Waals surface area contributed by atoms with E-state index < -0.39 is 0 Å². The molecule has 0 radical (unpaired) electrons. The van der Waals surface area contributed by atoms with Crippen molar-refractivity contribution in [2.45, 2.75) is 77.9 Å². The van der Waals surface area contributed by atoms with Crippen molar-refractivity contribution in [2.24, 2.45) is 0 Å². The Morgan fingerprint density at radius 3 is 2.72 bits per heavy atom. The lowest BCUT2D eigenvalue weighted by Gasteiger charge is -2.30. The van der Waals surface area contributed by atoms with Crippen LogP contribution in [-0.2, 0) is 11.3 Å². The fraction of sp³-hybridized carbons (Fsp3) is 0.619. The molecule has 0 saturated carbocycles. The molecule has 1 aliphatic heterocycles. The van der Waals surface area contributed by atoms with Gasteiger partial charge >= 0.3 is 0 Å². The Morgan fingerprint density at radius 2 is 2.08 bits per heavy atom. The van der Waals surface area contributed by atoms with Crippen LogP contribution in [0.15, 0.2) is 17.4 Å². The molecule has 4 heteroatoms. The standard InChI is InChI=1S/C21H31NO3/c1-12-9-16-11-21(4,5)25-20(16)19(13(12)2)15-7-8-17(18(23)10-15)14(3)22-24-6/h9,14-15,22-23H,7-8,10-11H2,1-6H3. The summed E-state index contributed by atoms with van der Waals surface area (Å²) in [6.45, 7) is 10.7. The lowest BCUT2D eigenvalue weighted by molar-refractivity contribution is 0.0722. The number of ether oxygens (including phenoxy) is 1. The Morgan fingerprint density at radius 1 is 1.36 bits per heavy atom. The summed E-state index contributed by atoms with van der Waals surface area (Å²) in [5, 5.41) is 10.7. The third-order valence-corrected chi connectivity index (χ3v) is 5.72.